The number of hydrogen-bond donors (Lipinski definition) is 0. The second kappa shape index (κ2) is 6.25. The van der Waals surface area contributed by atoms with Gasteiger partial charge in [-0.15, -0.1) is 0 Å². The summed E-state index contributed by atoms with van der Waals surface area (Å²) in [5.41, 5.74) is 0.673. The van der Waals surface area contributed by atoms with Crippen LogP contribution in [0.5, 0.6) is 0 Å². The Balaban J connectivity index is 1.88. The summed E-state index contributed by atoms with van der Waals surface area (Å²) in [7, 11) is 0. The van der Waals surface area contributed by atoms with Crippen LogP contribution in [0.15, 0.2) is 35.1 Å². The molecule has 0 atom stereocenters. The molecule has 1 fully saturated rings. The van der Waals surface area contributed by atoms with Crippen LogP contribution in [-0.4, -0.2) is 47.2 Å². The van der Waals surface area contributed by atoms with E-state index in [1.807, 2.05) is 0 Å². The van der Waals surface area contributed by atoms with Crippen molar-refractivity contribution in [3.8, 4) is 0 Å². The van der Waals surface area contributed by atoms with Crippen molar-refractivity contribution in [2.24, 2.45) is 0 Å². The van der Waals surface area contributed by atoms with Gasteiger partial charge in [0.25, 0.3) is 11.2 Å². The lowest BCUT2D eigenvalue weighted by atomic mass is 10.2. The highest BCUT2D eigenvalue weighted by Gasteiger charge is 2.12. The maximum absolute atomic E-state index is 12.1. The highest BCUT2D eigenvalue weighted by molar-refractivity contribution is 5.81. The number of morpholine rings is 1. The van der Waals surface area contributed by atoms with Gasteiger partial charge in [0.1, 0.15) is 0 Å². The SMILES string of the molecule is O=c1ccc2cc([N+](=O)[O-])ccc2n1CCN1CCOCC1. The molecule has 0 saturated carbocycles. The van der Waals surface area contributed by atoms with Crippen molar-refractivity contribution in [3.63, 3.8) is 0 Å². The molecule has 2 heterocycles. The fourth-order valence-corrected chi connectivity index (χ4v) is 2.70. The zero-order valence-electron chi connectivity index (χ0n) is 12.1. The summed E-state index contributed by atoms with van der Waals surface area (Å²) in [6.07, 6.45) is 0. The molecular weight excluding hydrogens is 286 g/mol. The highest BCUT2D eigenvalue weighted by atomic mass is 16.6. The molecule has 1 aromatic carbocycles. The topological polar surface area (TPSA) is 77.6 Å². The lowest BCUT2D eigenvalue weighted by Gasteiger charge is -2.26. The number of aromatic nitrogens is 1. The fourth-order valence-electron chi connectivity index (χ4n) is 2.70. The zero-order valence-corrected chi connectivity index (χ0v) is 12.1. The number of pyridine rings is 1. The van der Waals surface area contributed by atoms with E-state index in [9.17, 15) is 14.9 Å². The van der Waals surface area contributed by atoms with E-state index in [-0.39, 0.29) is 11.2 Å². The monoisotopic (exact) mass is 303 g/mol. The van der Waals surface area contributed by atoms with Crippen LogP contribution in [0.25, 0.3) is 10.9 Å². The van der Waals surface area contributed by atoms with Crippen molar-refractivity contribution in [3.05, 3.63) is 50.8 Å². The van der Waals surface area contributed by atoms with Gasteiger partial charge >= 0.3 is 0 Å². The fraction of sp³-hybridized carbons (Fsp3) is 0.400. The molecule has 3 rings (SSSR count). The number of ether oxygens (including phenoxy) is 1. The third-order valence-corrected chi connectivity index (χ3v) is 3.93. The van der Waals surface area contributed by atoms with Crippen LogP contribution in [0.1, 0.15) is 0 Å². The summed E-state index contributed by atoms with van der Waals surface area (Å²) >= 11 is 0. The van der Waals surface area contributed by atoms with Gasteiger partial charge in [-0.2, -0.15) is 0 Å². The van der Waals surface area contributed by atoms with Crippen molar-refractivity contribution in [1.82, 2.24) is 9.47 Å². The van der Waals surface area contributed by atoms with E-state index in [4.69, 9.17) is 4.74 Å². The van der Waals surface area contributed by atoms with E-state index < -0.39 is 4.92 Å². The minimum absolute atomic E-state index is 0.0332. The molecule has 1 aromatic heterocycles. The normalized spacial score (nSPS) is 16.0. The average Bonchev–Trinajstić information content (AvgIpc) is 2.54. The van der Waals surface area contributed by atoms with Crippen molar-refractivity contribution in [2.45, 2.75) is 6.54 Å². The predicted octanol–water partition coefficient (Wildman–Crippen LogP) is 1.24. The van der Waals surface area contributed by atoms with Crippen LogP contribution in [0.4, 0.5) is 5.69 Å². The van der Waals surface area contributed by atoms with E-state index in [0.29, 0.717) is 11.9 Å². The van der Waals surface area contributed by atoms with Gasteiger partial charge in [-0.3, -0.25) is 19.8 Å². The second-order valence-electron chi connectivity index (χ2n) is 5.28. The van der Waals surface area contributed by atoms with Gasteiger partial charge in [-0.25, -0.2) is 0 Å². The molecule has 0 N–H and O–H groups in total. The van der Waals surface area contributed by atoms with Gasteiger partial charge in [0, 0.05) is 49.8 Å². The molecule has 0 aliphatic carbocycles. The van der Waals surface area contributed by atoms with E-state index in [0.717, 1.165) is 38.4 Å². The smallest absolute Gasteiger partial charge is 0.270 e. The Morgan fingerprint density at radius 1 is 1.14 bits per heavy atom. The molecule has 0 unspecified atom stereocenters. The molecule has 0 bridgehead atoms. The van der Waals surface area contributed by atoms with Crippen LogP contribution < -0.4 is 5.56 Å². The second-order valence-corrected chi connectivity index (χ2v) is 5.28. The Bertz CT molecular complexity index is 750. The van der Waals surface area contributed by atoms with Crippen molar-refractivity contribution < 1.29 is 9.66 Å². The first-order valence-electron chi connectivity index (χ1n) is 7.23. The Hall–Kier alpha value is -2.25. The van der Waals surface area contributed by atoms with Gasteiger partial charge in [-0.1, -0.05) is 0 Å². The van der Waals surface area contributed by atoms with Gasteiger partial charge in [-0.05, 0) is 12.1 Å². The molecule has 2 aromatic rings. The third kappa shape index (κ3) is 3.00. The summed E-state index contributed by atoms with van der Waals surface area (Å²) in [5, 5.41) is 11.6. The average molecular weight is 303 g/mol. The Morgan fingerprint density at radius 3 is 2.64 bits per heavy atom. The molecule has 7 heteroatoms. The first kappa shape index (κ1) is 14.7. The number of nitrogens with zero attached hydrogens (tertiary/aromatic N) is 3. The Labute approximate surface area is 126 Å². The number of nitro groups is 1. The van der Waals surface area contributed by atoms with Crippen LogP contribution in [-0.2, 0) is 11.3 Å². The van der Waals surface area contributed by atoms with Gasteiger partial charge in [0.05, 0.1) is 23.7 Å². The van der Waals surface area contributed by atoms with E-state index in [2.05, 4.69) is 4.90 Å². The zero-order chi connectivity index (χ0) is 15.5. The number of hydrogen-bond acceptors (Lipinski definition) is 5. The van der Waals surface area contributed by atoms with Crippen LogP contribution in [0.3, 0.4) is 0 Å². The summed E-state index contributed by atoms with van der Waals surface area (Å²) < 4.78 is 6.98. The summed E-state index contributed by atoms with van der Waals surface area (Å²) in [4.78, 5) is 24.8. The molecule has 0 amide bonds. The van der Waals surface area contributed by atoms with E-state index in [1.54, 1.807) is 16.7 Å². The molecule has 0 spiro atoms. The number of non-ortho nitro benzene ring substituents is 1. The van der Waals surface area contributed by atoms with Crippen LogP contribution in [0.2, 0.25) is 0 Å². The molecule has 22 heavy (non-hydrogen) atoms. The minimum atomic E-state index is -0.428. The van der Waals surface area contributed by atoms with Gasteiger partial charge in [0.15, 0.2) is 0 Å². The Kier molecular flexibility index (Phi) is 4.17. The first-order chi connectivity index (χ1) is 10.6. The molecule has 1 aliphatic rings. The number of fused-ring (bicyclic) bond motifs is 1. The molecule has 0 radical (unpaired) electrons. The molecule has 1 aliphatic heterocycles. The lowest BCUT2D eigenvalue weighted by Crippen LogP contribution is -2.39. The van der Waals surface area contributed by atoms with E-state index >= 15 is 0 Å². The largest absolute Gasteiger partial charge is 0.379 e. The number of rotatable bonds is 4. The lowest BCUT2D eigenvalue weighted by molar-refractivity contribution is -0.384. The van der Waals surface area contributed by atoms with Crippen LogP contribution >= 0.6 is 0 Å². The molecule has 1 saturated heterocycles. The maximum atomic E-state index is 12.1. The number of nitro benzene ring substituents is 1. The third-order valence-electron chi connectivity index (χ3n) is 3.93. The van der Waals surface area contributed by atoms with Gasteiger partial charge in [0.2, 0.25) is 0 Å². The van der Waals surface area contributed by atoms with Crippen molar-refractivity contribution in [2.75, 3.05) is 32.8 Å². The highest BCUT2D eigenvalue weighted by Crippen LogP contribution is 2.19. The van der Waals surface area contributed by atoms with Crippen molar-refractivity contribution >= 4 is 16.6 Å². The van der Waals surface area contributed by atoms with Gasteiger partial charge < -0.3 is 9.30 Å². The quantitative estimate of drug-likeness (QED) is 0.627. The van der Waals surface area contributed by atoms with Crippen molar-refractivity contribution in [1.29, 1.82) is 0 Å². The molecule has 7 nitrogen and oxygen atoms in total. The standard InChI is InChI=1S/C15H17N3O4/c19-15-4-1-12-11-13(18(20)21)2-3-14(12)17(15)6-5-16-7-9-22-10-8-16/h1-4,11H,5-10H2. The first-order valence-corrected chi connectivity index (χ1v) is 7.23. The van der Waals surface area contributed by atoms with E-state index in [1.165, 1.54) is 18.2 Å². The maximum Gasteiger partial charge on any atom is 0.270 e. The number of benzene rings is 1. The molecule has 116 valence electrons. The molecular formula is C15H17N3O4. The summed E-state index contributed by atoms with van der Waals surface area (Å²) in [5.74, 6) is 0. The summed E-state index contributed by atoms with van der Waals surface area (Å²) in [6, 6.07) is 7.68. The minimum Gasteiger partial charge on any atom is -0.379 e. The predicted molar refractivity (Wildman–Crippen MR) is 82.1 cm³/mol. The van der Waals surface area contributed by atoms with Crippen LogP contribution in [0, 0.1) is 10.1 Å². The Morgan fingerprint density at radius 2 is 1.91 bits per heavy atom. The summed E-state index contributed by atoms with van der Waals surface area (Å²) in [6.45, 7) is 4.50.